The standard InChI is InChI=1S/C24H25F3N6O/c1-13-8-20(29-12-28-13)32-10-14-2-3-15(11-32)17(14)9-19-30-24-23(34-7-6-33(24)31-19)16-4-5-18(25)22(27)21(16)26/h4-5,8,12,14-15,17,23H,2-3,6-7,9-11H2,1H3/t14-,15+,17?,23-/m1/s1. The molecule has 34 heavy (non-hydrogen) atoms. The van der Waals surface area contributed by atoms with E-state index in [-0.39, 0.29) is 5.56 Å². The number of nitrogens with zero attached hydrogens (tertiary/aromatic N) is 6. The van der Waals surface area contributed by atoms with Gasteiger partial charge in [0, 0.05) is 36.8 Å². The SMILES string of the molecule is Cc1cc(N2C[C@H]3CC[C@@H](C2)C3Cc2nc3n(n2)CCO[C@@H]3c2ccc(F)c(F)c2F)ncn1. The van der Waals surface area contributed by atoms with Crippen LogP contribution in [0.1, 0.15) is 41.9 Å². The molecule has 0 radical (unpaired) electrons. The second kappa shape index (κ2) is 8.33. The summed E-state index contributed by atoms with van der Waals surface area (Å²) in [5.41, 5.74) is 0.897. The Hall–Kier alpha value is -3.01. The summed E-state index contributed by atoms with van der Waals surface area (Å²) in [7, 11) is 0. The molecule has 3 aromatic rings. The molecule has 2 bridgehead atoms. The summed E-state index contributed by atoms with van der Waals surface area (Å²) < 4.78 is 49.2. The molecule has 6 rings (SSSR count). The lowest BCUT2D eigenvalue weighted by molar-refractivity contribution is 0.0364. The van der Waals surface area contributed by atoms with Crippen LogP contribution in [0.5, 0.6) is 0 Å². The fourth-order valence-electron chi connectivity index (χ4n) is 5.83. The third-order valence-corrected chi connectivity index (χ3v) is 7.47. The number of aromatic nitrogens is 5. The first kappa shape index (κ1) is 21.5. The molecular weight excluding hydrogens is 445 g/mol. The fraction of sp³-hybridized carbons (Fsp3) is 0.500. The van der Waals surface area contributed by atoms with Crippen molar-refractivity contribution in [2.24, 2.45) is 17.8 Å². The number of fused-ring (bicyclic) bond motifs is 3. The van der Waals surface area contributed by atoms with Gasteiger partial charge in [0.25, 0.3) is 0 Å². The van der Waals surface area contributed by atoms with E-state index in [0.29, 0.717) is 42.6 Å². The second-order valence-electron chi connectivity index (χ2n) is 9.51. The molecule has 2 fully saturated rings. The van der Waals surface area contributed by atoms with Crippen molar-refractivity contribution in [3.63, 3.8) is 0 Å². The van der Waals surface area contributed by atoms with E-state index in [9.17, 15) is 13.2 Å². The molecule has 4 atom stereocenters. The van der Waals surface area contributed by atoms with Crippen molar-refractivity contribution in [1.29, 1.82) is 0 Å². The number of aryl methyl sites for hydroxylation is 1. The van der Waals surface area contributed by atoms with Gasteiger partial charge in [-0.1, -0.05) is 0 Å². The molecule has 2 aliphatic heterocycles. The topological polar surface area (TPSA) is 69.0 Å². The van der Waals surface area contributed by atoms with Crippen LogP contribution in [0.4, 0.5) is 19.0 Å². The Morgan fingerprint density at radius 1 is 1.06 bits per heavy atom. The van der Waals surface area contributed by atoms with Crippen molar-refractivity contribution in [2.45, 2.75) is 38.8 Å². The summed E-state index contributed by atoms with van der Waals surface area (Å²) in [5.74, 6) is -0.355. The largest absolute Gasteiger partial charge is 0.363 e. The van der Waals surface area contributed by atoms with Crippen LogP contribution in [0.3, 0.4) is 0 Å². The van der Waals surface area contributed by atoms with Crippen molar-refractivity contribution in [3.05, 3.63) is 64.9 Å². The molecule has 2 aromatic heterocycles. The number of anilines is 1. The van der Waals surface area contributed by atoms with E-state index in [0.717, 1.165) is 49.9 Å². The molecule has 1 unspecified atom stereocenters. The summed E-state index contributed by atoms with van der Waals surface area (Å²) >= 11 is 0. The zero-order valence-corrected chi connectivity index (χ0v) is 18.8. The Morgan fingerprint density at radius 3 is 2.62 bits per heavy atom. The quantitative estimate of drug-likeness (QED) is 0.543. The highest BCUT2D eigenvalue weighted by Crippen LogP contribution is 2.44. The molecule has 1 aromatic carbocycles. The molecule has 3 aliphatic rings. The highest BCUT2D eigenvalue weighted by Gasteiger charge is 2.43. The predicted octanol–water partition coefficient (Wildman–Crippen LogP) is 3.62. The smallest absolute Gasteiger partial charge is 0.194 e. The summed E-state index contributed by atoms with van der Waals surface area (Å²) in [4.78, 5) is 15.7. The number of hydrogen-bond acceptors (Lipinski definition) is 6. The summed E-state index contributed by atoms with van der Waals surface area (Å²) in [5, 5.41) is 4.68. The Labute approximate surface area is 195 Å². The van der Waals surface area contributed by atoms with E-state index in [4.69, 9.17) is 9.72 Å². The lowest BCUT2D eigenvalue weighted by Crippen LogP contribution is -2.43. The third kappa shape index (κ3) is 3.64. The van der Waals surface area contributed by atoms with Gasteiger partial charge in [-0.2, -0.15) is 5.10 Å². The van der Waals surface area contributed by atoms with Gasteiger partial charge >= 0.3 is 0 Å². The highest BCUT2D eigenvalue weighted by molar-refractivity contribution is 5.40. The molecule has 1 saturated heterocycles. The van der Waals surface area contributed by atoms with Gasteiger partial charge in [-0.05, 0) is 49.7 Å². The lowest BCUT2D eigenvalue weighted by Gasteiger charge is -2.38. The maximum Gasteiger partial charge on any atom is 0.194 e. The Balaban J connectivity index is 1.22. The van der Waals surface area contributed by atoms with Crippen LogP contribution in [0.2, 0.25) is 0 Å². The van der Waals surface area contributed by atoms with Gasteiger partial charge in [0.05, 0.1) is 13.2 Å². The molecule has 10 heteroatoms. The molecular formula is C24H25F3N6O. The van der Waals surface area contributed by atoms with Crippen LogP contribution in [0.25, 0.3) is 0 Å². The molecule has 1 aliphatic carbocycles. The minimum atomic E-state index is -1.50. The summed E-state index contributed by atoms with van der Waals surface area (Å²) in [6, 6.07) is 4.16. The molecule has 178 valence electrons. The number of ether oxygens (including phenoxy) is 1. The second-order valence-corrected chi connectivity index (χ2v) is 9.51. The molecule has 0 N–H and O–H groups in total. The zero-order chi connectivity index (χ0) is 23.4. The van der Waals surface area contributed by atoms with Gasteiger partial charge in [0.1, 0.15) is 18.2 Å². The van der Waals surface area contributed by atoms with E-state index < -0.39 is 23.6 Å². The Bertz CT molecular complexity index is 1220. The maximum atomic E-state index is 14.5. The summed E-state index contributed by atoms with van der Waals surface area (Å²) in [6.07, 6.45) is 3.76. The van der Waals surface area contributed by atoms with Gasteiger partial charge in [0.15, 0.2) is 29.1 Å². The van der Waals surface area contributed by atoms with E-state index in [1.165, 1.54) is 6.07 Å². The van der Waals surface area contributed by atoms with Crippen molar-refractivity contribution in [1.82, 2.24) is 24.7 Å². The first-order valence-electron chi connectivity index (χ1n) is 11.7. The molecule has 4 heterocycles. The van der Waals surface area contributed by atoms with E-state index in [1.807, 2.05) is 13.0 Å². The van der Waals surface area contributed by atoms with Crippen molar-refractivity contribution in [2.75, 3.05) is 24.6 Å². The van der Waals surface area contributed by atoms with Crippen LogP contribution >= 0.6 is 0 Å². The normalized spacial score (nSPS) is 26.1. The van der Waals surface area contributed by atoms with Crippen molar-refractivity contribution >= 4 is 5.82 Å². The fourth-order valence-corrected chi connectivity index (χ4v) is 5.83. The highest BCUT2D eigenvalue weighted by atomic mass is 19.2. The van der Waals surface area contributed by atoms with Crippen molar-refractivity contribution in [3.8, 4) is 0 Å². The first-order chi connectivity index (χ1) is 16.5. The molecule has 0 spiro atoms. The average molecular weight is 470 g/mol. The van der Waals surface area contributed by atoms with Crippen LogP contribution in [-0.4, -0.2) is 44.4 Å². The number of halogens is 3. The number of piperidine rings is 1. The third-order valence-electron chi connectivity index (χ3n) is 7.47. The predicted molar refractivity (Wildman–Crippen MR) is 117 cm³/mol. The van der Waals surface area contributed by atoms with Crippen LogP contribution < -0.4 is 4.90 Å². The number of rotatable bonds is 4. The van der Waals surface area contributed by atoms with Crippen molar-refractivity contribution < 1.29 is 17.9 Å². The number of benzene rings is 1. The van der Waals surface area contributed by atoms with Gasteiger partial charge in [-0.25, -0.2) is 32.8 Å². The van der Waals surface area contributed by atoms with Crippen LogP contribution in [-0.2, 0) is 17.7 Å². The van der Waals surface area contributed by atoms with Gasteiger partial charge in [0.2, 0.25) is 0 Å². The maximum absolute atomic E-state index is 14.5. The average Bonchev–Trinajstić information content (AvgIpc) is 3.33. The molecule has 1 saturated carbocycles. The minimum absolute atomic E-state index is 0.0627. The monoisotopic (exact) mass is 470 g/mol. The van der Waals surface area contributed by atoms with Gasteiger partial charge in [-0.3, -0.25) is 0 Å². The first-order valence-corrected chi connectivity index (χ1v) is 11.7. The van der Waals surface area contributed by atoms with Gasteiger partial charge < -0.3 is 9.64 Å². The Kier molecular flexibility index (Phi) is 5.28. The van der Waals surface area contributed by atoms with Crippen LogP contribution in [0.15, 0.2) is 24.5 Å². The molecule has 7 nitrogen and oxygen atoms in total. The van der Waals surface area contributed by atoms with Gasteiger partial charge in [-0.15, -0.1) is 0 Å². The lowest BCUT2D eigenvalue weighted by atomic mass is 9.82. The van der Waals surface area contributed by atoms with E-state index in [2.05, 4.69) is 20.0 Å². The van der Waals surface area contributed by atoms with Crippen LogP contribution in [0, 0.1) is 42.1 Å². The molecule has 0 amide bonds. The Morgan fingerprint density at radius 2 is 1.85 bits per heavy atom. The number of hydrogen-bond donors (Lipinski definition) is 0. The summed E-state index contributed by atoms with van der Waals surface area (Å²) in [6.45, 7) is 4.64. The van der Waals surface area contributed by atoms with E-state index >= 15 is 0 Å². The van der Waals surface area contributed by atoms with E-state index in [1.54, 1.807) is 11.0 Å². The zero-order valence-electron chi connectivity index (χ0n) is 18.8. The minimum Gasteiger partial charge on any atom is -0.363 e.